The van der Waals surface area contributed by atoms with Crippen LogP contribution >= 0.6 is 8.38 Å². The van der Waals surface area contributed by atoms with Gasteiger partial charge in [0, 0.05) is 28.4 Å². The lowest BCUT2D eigenvalue weighted by atomic mass is 10.7. The van der Waals surface area contributed by atoms with Crippen molar-refractivity contribution in [3.8, 4) is 0 Å². The molecule has 0 spiro atoms. The van der Waals surface area contributed by atoms with Crippen LogP contribution in [0.4, 0.5) is 0 Å². The average molecular weight is 182 g/mol. The summed E-state index contributed by atoms with van der Waals surface area (Å²) < 4.78 is 20.3. The number of hydrogen-bond donors (Lipinski definition) is 0. The molecule has 0 atom stereocenters. The van der Waals surface area contributed by atoms with E-state index in [1.54, 1.807) is 35.4 Å². The minimum Gasteiger partial charge on any atom is -0.346 e. The van der Waals surface area contributed by atoms with Gasteiger partial charge in [0.2, 0.25) is 13.9 Å². The van der Waals surface area contributed by atoms with E-state index < -0.39 is 13.9 Å². The average Bonchev–Trinajstić information content (AvgIpc) is 2.06. The number of hydrogen-bond acceptors (Lipinski definition) is 4. The molecule has 0 rings (SSSR count). The minimum atomic E-state index is -1.15. The van der Waals surface area contributed by atoms with Crippen LogP contribution in [0.3, 0.4) is 0 Å². The monoisotopic (exact) mass is 182 g/mol. The molecule has 0 aromatic heterocycles. The van der Waals surface area contributed by atoms with Gasteiger partial charge in [-0.3, -0.25) is 0 Å². The lowest BCUT2D eigenvalue weighted by Gasteiger charge is -2.30. The van der Waals surface area contributed by atoms with Crippen molar-refractivity contribution in [2.24, 2.45) is 0 Å². The maximum Gasteiger partial charge on any atom is 0.236 e. The normalized spacial score (nSPS) is 12.5. The highest BCUT2D eigenvalue weighted by Gasteiger charge is 2.36. The molecule has 0 saturated heterocycles. The van der Waals surface area contributed by atoms with E-state index in [0.717, 1.165) is 0 Å². The summed E-state index contributed by atoms with van der Waals surface area (Å²) in [4.78, 5) is 0. The van der Waals surface area contributed by atoms with E-state index in [0.29, 0.717) is 0 Å². The molecule has 0 aliphatic carbocycles. The fourth-order valence-corrected chi connectivity index (χ4v) is 1.75. The molecule has 0 aromatic rings. The maximum atomic E-state index is 5.09. The van der Waals surface area contributed by atoms with Gasteiger partial charge in [-0.25, -0.2) is 0 Å². The highest BCUT2D eigenvalue weighted by molar-refractivity contribution is 7.48. The summed E-state index contributed by atoms with van der Waals surface area (Å²) in [6.45, 7) is 1.77. The van der Waals surface area contributed by atoms with Gasteiger partial charge in [0.25, 0.3) is 0 Å². The van der Waals surface area contributed by atoms with Gasteiger partial charge in [0.05, 0.1) is 0 Å². The molecular weight excluding hydrogens is 167 g/mol. The van der Waals surface area contributed by atoms with Crippen LogP contribution in [-0.4, -0.2) is 34.0 Å². The summed E-state index contributed by atoms with van der Waals surface area (Å²) in [7, 11) is 5.08. The summed E-state index contributed by atoms with van der Waals surface area (Å²) in [6, 6.07) is 0. The summed E-state index contributed by atoms with van der Waals surface area (Å²) in [5, 5.41) is 0. The van der Waals surface area contributed by atoms with E-state index in [4.69, 9.17) is 18.5 Å². The number of methoxy groups -OCH3 is 2. The van der Waals surface area contributed by atoms with Crippen LogP contribution in [0.2, 0.25) is 0 Å². The molecule has 0 aliphatic rings. The van der Waals surface area contributed by atoms with Crippen LogP contribution in [0.25, 0.3) is 0 Å². The predicted molar refractivity (Wildman–Crippen MR) is 43.4 cm³/mol. The Hall–Kier alpha value is 0.270. The Balaban J connectivity index is 4.19. The van der Waals surface area contributed by atoms with Crippen LogP contribution in [0.1, 0.15) is 6.92 Å². The fraction of sp³-hybridized carbons (Fsp3) is 1.00. The Morgan fingerprint density at radius 2 is 1.27 bits per heavy atom. The van der Waals surface area contributed by atoms with Gasteiger partial charge in [-0.1, -0.05) is 0 Å². The summed E-state index contributed by atoms with van der Waals surface area (Å²) in [6.07, 6.45) is 0. The van der Waals surface area contributed by atoms with Gasteiger partial charge in [-0.2, -0.15) is 0 Å². The van der Waals surface area contributed by atoms with E-state index in [1.165, 1.54) is 0 Å². The zero-order valence-electron chi connectivity index (χ0n) is 7.58. The quantitative estimate of drug-likeness (QED) is 0.477. The second-order valence-corrected chi connectivity index (χ2v) is 3.99. The standard InChI is InChI=1S/C6H15O4P/c1-6(7-2,8-3)11(9-4)10-5/h1-5H3. The second kappa shape index (κ2) is 5.01. The largest absolute Gasteiger partial charge is 0.346 e. The SMILES string of the molecule is COP(OC)C(C)(OC)OC. The van der Waals surface area contributed by atoms with Gasteiger partial charge in [0.1, 0.15) is 0 Å². The summed E-state index contributed by atoms with van der Waals surface area (Å²) >= 11 is 0. The zero-order valence-corrected chi connectivity index (χ0v) is 8.47. The number of ether oxygens (including phenoxy) is 2. The molecule has 68 valence electrons. The lowest BCUT2D eigenvalue weighted by molar-refractivity contribution is -0.137. The van der Waals surface area contributed by atoms with E-state index in [9.17, 15) is 0 Å². The summed E-state index contributed by atoms with van der Waals surface area (Å²) in [5.41, 5.74) is -0.779. The van der Waals surface area contributed by atoms with Crippen molar-refractivity contribution in [2.75, 3.05) is 28.4 Å². The summed E-state index contributed by atoms with van der Waals surface area (Å²) in [5.74, 6) is 0. The van der Waals surface area contributed by atoms with Crippen molar-refractivity contribution >= 4 is 8.38 Å². The Bertz CT molecular complexity index is 101. The topological polar surface area (TPSA) is 36.9 Å². The molecule has 0 aromatic carbocycles. The van der Waals surface area contributed by atoms with Gasteiger partial charge in [-0.05, 0) is 6.92 Å². The molecule has 11 heavy (non-hydrogen) atoms. The number of rotatable bonds is 5. The Morgan fingerprint density at radius 3 is 1.36 bits per heavy atom. The highest BCUT2D eigenvalue weighted by Crippen LogP contribution is 2.50. The highest BCUT2D eigenvalue weighted by atomic mass is 31.2. The minimum absolute atomic E-state index is 0.779. The third-order valence-corrected chi connectivity index (χ3v) is 3.11. The molecule has 5 heteroatoms. The van der Waals surface area contributed by atoms with Gasteiger partial charge >= 0.3 is 0 Å². The lowest BCUT2D eigenvalue weighted by Crippen LogP contribution is -2.28. The van der Waals surface area contributed by atoms with Crippen molar-refractivity contribution in [3.63, 3.8) is 0 Å². The molecule has 4 nitrogen and oxygen atoms in total. The van der Waals surface area contributed by atoms with Crippen LogP contribution in [-0.2, 0) is 18.5 Å². The molecule has 0 unspecified atom stereocenters. The molecule has 0 heterocycles. The van der Waals surface area contributed by atoms with Gasteiger partial charge in [-0.15, -0.1) is 0 Å². The van der Waals surface area contributed by atoms with Crippen LogP contribution < -0.4 is 0 Å². The smallest absolute Gasteiger partial charge is 0.236 e. The van der Waals surface area contributed by atoms with Gasteiger partial charge < -0.3 is 18.5 Å². The third-order valence-electron chi connectivity index (χ3n) is 1.42. The van der Waals surface area contributed by atoms with Gasteiger partial charge in [0.15, 0.2) is 0 Å². The maximum absolute atomic E-state index is 5.09. The van der Waals surface area contributed by atoms with Crippen molar-refractivity contribution in [3.05, 3.63) is 0 Å². The van der Waals surface area contributed by atoms with E-state index in [1.807, 2.05) is 0 Å². The van der Waals surface area contributed by atoms with Crippen LogP contribution in [0.5, 0.6) is 0 Å². The molecule has 0 N–H and O–H groups in total. The Morgan fingerprint density at radius 1 is 0.909 bits per heavy atom. The molecule has 0 radical (unpaired) electrons. The zero-order chi connectivity index (χ0) is 8.91. The van der Waals surface area contributed by atoms with E-state index in [2.05, 4.69) is 0 Å². The molecule has 0 amide bonds. The first kappa shape index (κ1) is 11.3. The first-order valence-electron chi connectivity index (χ1n) is 3.13. The van der Waals surface area contributed by atoms with E-state index in [-0.39, 0.29) is 0 Å². The molecule has 0 bridgehead atoms. The first-order valence-corrected chi connectivity index (χ1v) is 4.31. The van der Waals surface area contributed by atoms with Crippen molar-refractivity contribution in [2.45, 2.75) is 12.5 Å². The fourth-order valence-electron chi connectivity index (χ4n) is 0.639. The first-order chi connectivity index (χ1) is 5.14. The van der Waals surface area contributed by atoms with Crippen LogP contribution in [0, 0.1) is 0 Å². The van der Waals surface area contributed by atoms with Crippen molar-refractivity contribution < 1.29 is 18.5 Å². The molecule has 0 fully saturated rings. The van der Waals surface area contributed by atoms with Crippen molar-refractivity contribution in [1.29, 1.82) is 0 Å². The van der Waals surface area contributed by atoms with Crippen molar-refractivity contribution in [1.82, 2.24) is 0 Å². The third kappa shape index (κ3) is 2.65. The second-order valence-electron chi connectivity index (χ2n) is 1.93. The molecule has 0 saturated carbocycles. The van der Waals surface area contributed by atoms with Crippen LogP contribution in [0.15, 0.2) is 0 Å². The van der Waals surface area contributed by atoms with E-state index >= 15 is 0 Å². The predicted octanol–water partition coefficient (Wildman–Crippen LogP) is 1.56. The molecular formula is C6H15O4P. The Kier molecular flexibility index (Phi) is 5.13. The Labute approximate surface area is 68.7 Å². The molecule has 0 aliphatic heterocycles.